The average molecular weight is 456 g/mol. The quantitative estimate of drug-likeness (QED) is 0.393. The number of amides is 1. The smallest absolute Gasteiger partial charge is 0.248 e. The number of hydrogen-bond donors (Lipinski definition) is 1. The topological polar surface area (TPSA) is 91.2 Å². The third-order valence-electron chi connectivity index (χ3n) is 5.38. The Hall–Kier alpha value is -4.46. The summed E-state index contributed by atoms with van der Waals surface area (Å²) < 4.78 is 12.7. The number of rotatable bonds is 7. The Kier molecular flexibility index (Phi) is 6.68. The molecule has 172 valence electrons. The van der Waals surface area contributed by atoms with Gasteiger partial charge < -0.3 is 14.8 Å². The summed E-state index contributed by atoms with van der Waals surface area (Å²) in [4.78, 5) is 12.2. The van der Waals surface area contributed by atoms with Crippen LogP contribution in [0.1, 0.15) is 22.5 Å². The molecule has 34 heavy (non-hydrogen) atoms. The first-order chi connectivity index (χ1) is 16.4. The van der Waals surface area contributed by atoms with Crippen LogP contribution in [0.5, 0.6) is 17.4 Å². The second kappa shape index (κ2) is 9.99. The number of nitrogens with one attached hydrogen (secondary N) is 1. The normalized spacial score (nSPS) is 10.9. The molecule has 2 heterocycles. The van der Waals surface area contributed by atoms with Gasteiger partial charge in [-0.15, -0.1) is 10.2 Å². The summed E-state index contributed by atoms with van der Waals surface area (Å²) in [6.07, 6.45) is 3.22. The molecule has 0 unspecified atom stereocenters. The zero-order valence-electron chi connectivity index (χ0n) is 19.4. The van der Waals surface area contributed by atoms with Crippen molar-refractivity contribution in [2.24, 2.45) is 0 Å². The van der Waals surface area contributed by atoms with Crippen molar-refractivity contribution >= 4 is 17.7 Å². The lowest BCUT2D eigenvalue weighted by molar-refractivity contribution is -0.111. The van der Waals surface area contributed by atoms with Crippen LogP contribution < -0.4 is 14.8 Å². The monoisotopic (exact) mass is 455 g/mol. The first-order valence-electron chi connectivity index (χ1n) is 10.7. The fourth-order valence-corrected chi connectivity index (χ4v) is 3.22. The summed E-state index contributed by atoms with van der Waals surface area (Å²) in [5.41, 5.74) is 4.67. The molecule has 0 saturated carbocycles. The van der Waals surface area contributed by atoms with Gasteiger partial charge in [-0.1, -0.05) is 12.1 Å². The fraction of sp³-hybridized carbons (Fsp3) is 0.154. The van der Waals surface area contributed by atoms with Gasteiger partial charge in [-0.2, -0.15) is 5.10 Å². The minimum Gasteiger partial charge on any atom is -0.497 e. The Morgan fingerprint density at radius 2 is 1.62 bits per heavy atom. The molecule has 1 N–H and O–H groups in total. The van der Waals surface area contributed by atoms with Gasteiger partial charge in [0.1, 0.15) is 11.5 Å². The van der Waals surface area contributed by atoms with E-state index in [4.69, 9.17) is 9.47 Å². The van der Waals surface area contributed by atoms with Crippen LogP contribution in [0, 0.1) is 20.8 Å². The van der Waals surface area contributed by atoms with E-state index in [0.717, 1.165) is 28.3 Å². The summed E-state index contributed by atoms with van der Waals surface area (Å²) in [6, 6.07) is 18.0. The van der Waals surface area contributed by atoms with Crippen LogP contribution in [0.25, 0.3) is 11.9 Å². The van der Waals surface area contributed by atoms with Crippen molar-refractivity contribution in [3.63, 3.8) is 0 Å². The average Bonchev–Trinajstić information content (AvgIpc) is 3.12. The van der Waals surface area contributed by atoms with E-state index in [-0.39, 0.29) is 5.91 Å². The maximum absolute atomic E-state index is 12.2. The molecular formula is C26H25N5O3. The van der Waals surface area contributed by atoms with Gasteiger partial charge in [0.15, 0.2) is 5.82 Å². The van der Waals surface area contributed by atoms with Gasteiger partial charge in [0.05, 0.1) is 12.8 Å². The molecule has 8 nitrogen and oxygen atoms in total. The van der Waals surface area contributed by atoms with Crippen LogP contribution in [0.15, 0.2) is 66.7 Å². The first kappa shape index (κ1) is 22.7. The van der Waals surface area contributed by atoms with Crippen molar-refractivity contribution in [2.45, 2.75) is 20.8 Å². The van der Waals surface area contributed by atoms with Gasteiger partial charge in [-0.3, -0.25) is 4.79 Å². The van der Waals surface area contributed by atoms with E-state index < -0.39 is 0 Å². The molecule has 0 saturated heterocycles. The molecule has 0 aliphatic carbocycles. The number of carbonyl (C=O) groups excluding carboxylic acids is 1. The number of aromatic nitrogens is 4. The van der Waals surface area contributed by atoms with Gasteiger partial charge >= 0.3 is 0 Å². The van der Waals surface area contributed by atoms with Crippen LogP contribution in [0.3, 0.4) is 0 Å². The van der Waals surface area contributed by atoms with E-state index in [1.807, 2.05) is 51.1 Å². The highest BCUT2D eigenvalue weighted by atomic mass is 16.5. The molecule has 8 heteroatoms. The van der Waals surface area contributed by atoms with Crippen LogP contribution >= 0.6 is 0 Å². The molecule has 1 amide bonds. The standard InChI is InChI=1S/C26H25N5O3/c1-17-18(2)30-31(19(17)3)24-14-16-26(29-28-24)34-23-12-8-21(9-13-23)27-25(32)15-7-20-5-10-22(33-4)11-6-20/h5-16H,1-4H3,(H,27,32)/b15-7+. The van der Waals surface area contributed by atoms with E-state index in [0.29, 0.717) is 23.1 Å². The van der Waals surface area contributed by atoms with Crippen molar-refractivity contribution in [3.05, 3.63) is 89.3 Å². The molecule has 2 aromatic heterocycles. The molecule has 2 aromatic carbocycles. The molecular weight excluding hydrogens is 430 g/mol. The Morgan fingerprint density at radius 1 is 0.912 bits per heavy atom. The molecule has 4 aromatic rings. The van der Waals surface area contributed by atoms with Gasteiger partial charge in [-0.25, -0.2) is 4.68 Å². The third kappa shape index (κ3) is 5.29. The fourth-order valence-electron chi connectivity index (χ4n) is 3.22. The zero-order chi connectivity index (χ0) is 24.1. The number of ether oxygens (including phenoxy) is 2. The van der Waals surface area contributed by atoms with E-state index in [1.165, 1.54) is 6.08 Å². The SMILES string of the molecule is COc1ccc(/C=C/C(=O)Nc2ccc(Oc3ccc(-n4nc(C)c(C)c4C)nn3)cc2)cc1. The molecule has 0 fully saturated rings. The summed E-state index contributed by atoms with van der Waals surface area (Å²) in [7, 11) is 1.61. The highest BCUT2D eigenvalue weighted by molar-refractivity contribution is 6.01. The molecule has 0 aliphatic rings. The lowest BCUT2D eigenvalue weighted by Crippen LogP contribution is -2.07. The van der Waals surface area contributed by atoms with Crippen molar-refractivity contribution < 1.29 is 14.3 Å². The van der Waals surface area contributed by atoms with E-state index in [2.05, 4.69) is 20.6 Å². The lowest BCUT2D eigenvalue weighted by Gasteiger charge is -2.07. The van der Waals surface area contributed by atoms with E-state index in [9.17, 15) is 4.79 Å². The van der Waals surface area contributed by atoms with E-state index in [1.54, 1.807) is 48.2 Å². The second-order valence-corrected chi connectivity index (χ2v) is 7.66. The highest BCUT2D eigenvalue weighted by Gasteiger charge is 2.11. The lowest BCUT2D eigenvalue weighted by atomic mass is 10.2. The zero-order valence-corrected chi connectivity index (χ0v) is 19.4. The number of carbonyl (C=O) groups is 1. The van der Waals surface area contributed by atoms with E-state index >= 15 is 0 Å². The molecule has 0 radical (unpaired) electrons. The molecule has 0 spiro atoms. The Balaban J connectivity index is 1.34. The van der Waals surface area contributed by atoms with Crippen LogP contribution in [0.4, 0.5) is 5.69 Å². The number of aryl methyl sites for hydroxylation is 1. The van der Waals surface area contributed by atoms with Gasteiger partial charge in [0, 0.05) is 23.5 Å². The largest absolute Gasteiger partial charge is 0.497 e. The summed E-state index contributed by atoms with van der Waals surface area (Å²) in [5, 5.41) is 15.7. The number of benzene rings is 2. The molecule has 0 bridgehead atoms. The number of anilines is 1. The van der Waals surface area contributed by atoms with Crippen molar-refractivity contribution in [2.75, 3.05) is 12.4 Å². The van der Waals surface area contributed by atoms with Crippen LogP contribution in [-0.2, 0) is 4.79 Å². The third-order valence-corrected chi connectivity index (χ3v) is 5.38. The maximum atomic E-state index is 12.2. The Morgan fingerprint density at radius 3 is 2.21 bits per heavy atom. The molecule has 0 aliphatic heterocycles. The highest BCUT2D eigenvalue weighted by Crippen LogP contribution is 2.22. The van der Waals surface area contributed by atoms with Crippen molar-refractivity contribution in [1.29, 1.82) is 0 Å². The number of nitrogens with zero attached hydrogens (tertiary/aromatic N) is 4. The molecule has 0 atom stereocenters. The van der Waals surface area contributed by atoms with Gasteiger partial charge in [0.2, 0.25) is 11.8 Å². The summed E-state index contributed by atoms with van der Waals surface area (Å²) in [5.74, 6) is 2.10. The maximum Gasteiger partial charge on any atom is 0.248 e. The van der Waals surface area contributed by atoms with Gasteiger partial charge in [-0.05, 0) is 80.4 Å². The van der Waals surface area contributed by atoms with Crippen LogP contribution in [0.2, 0.25) is 0 Å². The van der Waals surface area contributed by atoms with Gasteiger partial charge in [0.25, 0.3) is 0 Å². The summed E-state index contributed by atoms with van der Waals surface area (Å²) in [6.45, 7) is 5.99. The van der Waals surface area contributed by atoms with Crippen molar-refractivity contribution in [3.8, 4) is 23.2 Å². The summed E-state index contributed by atoms with van der Waals surface area (Å²) >= 11 is 0. The minimum absolute atomic E-state index is 0.231. The Bertz CT molecular complexity index is 1310. The number of methoxy groups -OCH3 is 1. The minimum atomic E-state index is -0.231. The predicted molar refractivity (Wildman–Crippen MR) is 131 cm³/mol. The molecule has 4 rings (SSSR count). The second-order valence-electron chi connectivity index (χ2n) is 7.66. The first-order valence-corrected chi connectivity index (χ1v) is 10.7. The van der Waals surface area contributed by atoms with Crippen LogP contribution in [-0.4, -0.2) is 33.0 Å². The Labute approximate surface area is 197 Å². The predicted octanol–water partition coefficient (Wildman–Crippen LogP) is 5.04. The number of hydrogen-bond acceptors (Lipinski definition) is 6. The van der Waals surface area contributed by atoms with Crippen molar-refractivity contribution in [1.82, 2.24) is 20.0 Å².